The molecule has 0 aromatic carbocycles. The van der Waals surface area contributed by atoms with E-state index in [0.717, 1.165) is 12.2 Å². The number of hydrogen-bond acceptors (Lipinski definition) is 2. The van der Waals surface area contributed by atoms with Crippen LogP contribution in [0.3, 0.4) is 0 Å². The first kappa shape index (κ1) is 9.07. The Labute approximate surface area is 73.2 Å². The fourth-order valence-electron chi connectivity index (χ4n) is 1.20. The van der Waals surface area contributed by atoms with Gasteiger partial charge in [-0.25, -0.2) is 0 Å². The molecule has 1 unspecified atom stereocenters. The third-order valence-corrected chi connectivity index (χ3v) is 2.07. The van der Waals surface area contributed by atoms with Gasteiger partial charge in [-0.2, -0.15) is 0 Å². The zero-order valence-electron chi connectivity index (χ0n) is 7.54. The molecular formula is C10H14O2. The third kappa shape index (κ3) is 1.59. The van der Waals surface area contributed by atoms with Crippen molar-refractivity contribution in [2.45, 2.75) is 12.0 Å². The number of hydrogen-bond donors (Lipinski definition) is 0. The quantitative estimate of drug-likeness (QED) is 0.597. The van der Waals surface area contributed by atoms with E-state index in [0.29, 0.717) is 0 Å². The predicted molar refractivity (Wildman–Crippen MR) is 48.8 cm³/mol. The summed E-state index contributed by atoms with van der Waals surface area (Å²) < 4.78 is 10.4. The maximum absolute atomic E-state index is 5.33. The van der Waals surface area contributed by atoms with Gasteiger partial charge >= 0.3 is 0 Å². The lowest BCUT2D eigenvalue weighted by molar-refractivity contribution is 0.0715. The van der Waals surface area contributed by atoms with E-state index in [-0.39, 0.29) is 5.60 Å². The molecule has 0 aromatic heterocycles. The monoisotopic (exact) mass is 166 g/mol. The zero-order valence-corrected chi connectivity index (χ0v) is 7.54. The van der Waals surface area contributed by atoms with E-state index < -0.39 is 0 Å². The van der Waals surface area contributed by atoms with Crippen LogP contribution in [0.2, 0.25) is 0 Å². The van der Waals surface area contributed by atoms with Crippen molar-refractivity contribution in [3.63, 3.8) is 0 Å². The first-order valence-electron chi connectivity index (χ1n) is 3.88. The van der Waals surface area contributed by atoms with E-state index in [4.69, 9.17) is 9.47 Å². The molecule has 0 amide bonds. The van der Waals surface area contributed by atoms with Crippen molar-refractivity contribution in [3.8, 4) is 0 Å². The van der Waals surface area contributed by atoms with E-state index in [2.05, 4.69) is 6.58 Å². The molecule has 0 radical (unpaired) electrons. The summed E-state index contributed by atoms with van der Waals surface area (Å²) in [6.07, 6.45) is 8.49. The lowest BCUT2D eigenvalue weighted by atomic mass is 9.94. The number of ether oxygens (including phenoxy) is 2. The van der Waals surface area contributed by atoms with E-state index in [1.54, 1.807) is 20.3 Å². The van der Waals surface area contributed by atoms with Crippen molar-refractivity contribution in [3.05, 3.63) is 36.6 Å². The highest BCUT2D eigenvalue weighted by atomic mass is 16.5. The standard InChI is InChI=1S/C10H14O2/c1-4-10(12-3)7-5-6-9(8-10)11-2/h4-6,8H,1,7H2,2-3H3. The van der Waals surface area contributed by atoms with Crippen LogP contribution in [-0.4, -0.2) is 19.8 Å². The molecule has 0 heterocycles. The van der Waals surface area contributed by atoms with Crippen LogP contribution in [0.1, 0.15) is 6.42 Å². The Bertz CT molecular complexity index is 228. The average Bonchev–Trinajstić information content (AvgIpc) is 2.18. The van der Waals surface area contributed by atoms with Crippen LogP contribution in [0.4, 0.5) is 0 Å². The summed E-state index contributed by atoms with van der Waals surface area (Å²) in [6, 6.07) is 0. The minimum Gasteiger partial charge on any atom is -0.497 e. The Hall–Kier alpha value is -1.02. The van der Waals surface area contributed by atoms with Crippen LogP contribution >= 0.6 is 0 Å². The molecule has 0 fully saturated rings. The number of allylic oxidation sites excluding steroid dienone is 1. The fraction of sp³-hybridized carbons (Fsp3) is 0.400. The van der Waals surface area contributed by atoms with E-state index in [1.165, 1.54) is 0 Å². The number of rotatable bonds is 3. The molecule has 12 heavy (non-hydrogen) atoms. The Morgan fingerprint density at radius 1 is 1.58 bits per heavy atom. The van der Waals surface area contributed by atoms with Gasteiger partial charge in [-0.15, -0.1) is 0 Å². The van der Waals surface area contributed by atoms with Crippen LogP contribution in [0.5, 0.6) is 0 Å². The molecule has 1 rings (SSSR count). The van der Waals surface area contributed by atoms with Gasteiger partial charge in [0.1, 0.15) is 11.4 Å². The minimum atomic E-state index is -0.375. The minimum absolute atomic E-state index is 0.375. The van der Waals surface area contributed by atoms with E-state index >= 15 is 0 Å². The zero-order chi connectivity index (χ0) is 9.03. The maximum Gasteiger partial charge on any atom is 0.117 e. The summed E-state index contributed by atoms with van der Waals surface area (Å²) in [5.41, 5.74) is -0.375. The van der Waals surface area contributed by atoms with Crippen molar-refractivity contribution in [1.29, 1.82) is 0 Å². The van der Waals surface area contributed by atoms with Gasteiger partial charge in [0, 0.05) is 13.5 Å². The molecule has 1 atom stereocenters. The van der Waals surface area contributed by atoms with Gasteiger partial charge in [0.05, 0.1) is 7.11 Å². The molecule has 0 N–H and O–H groups in total. The van der Waals surface area contributed by atoms with Crippen molar-refractivity contribution in [2.75, 3.05) is 14.2 Å². The van der Waals surface area contributed by atoms with Gasteiger partial charge in [0.15, 0.2) is 0 Å². The maximum atomic E-state index is 5.33. The molecule has 0 saturated heterocycles. The van der Waals surface area contributed by atoms with Crippen LogP contribution in [0.15, 0.2) is 36.6 Å². The average molecular weight is 166 g/mol. The highest BCUT2D eigenvalue weighted by Crippen LogP contribution is 2.25. The van der Waals surface area contributed by atoms with Crippen LogP contribution in [0.25, 0.3) is 0 Å². The largest absolute Gasteiger partial charge is 0.497 e. The number of methoxy groups -OCH3 is 2. The second kappa shape index (κ2) is 3.59. The van der Waals surface area contributed by atoms with Crippen molar-refractivity contribution in [1.82, 2.24) is 0 Å². The van der Waals surface area contributed by atoms with Gasteiger partial charge in [-0.05, 0) is 12.2 Å². The van der Waals surface area contributed by atoms with Crippen molar-refractivity contribution < 1.29 is 9.47 Å². The second-order valence-electron chi connectivity index (χ2n) is 2.72. The summed E-state index contributed by atoms with van der Waals surface area (Å²) >= 11 is 0. The molecule has 0 bridgehead atoms. The lowest BCUT2D eigenvalue weighted by Gasteiger charge is -2.27. The molecular weight excluding hydrogens is 152 g/mol. The van der Waals surface area contributed by atoms with E-state index in [1.807, 2.05) is 18.2 Å². The van der Waals surface area contributed by atoms with Gasteiger partial charge in [-0.3, -0.25) is 0 Å². The first-order valence-corrected chi connectivity index (χ1v) is 3.88. The van der Waals surface area contributed by atoms with Crippen molar-refractivity contribution in [2.24, 2.45) is 0 Å². The Morgan fingerprint density at radius 2 is 2.33 bits per heavy atom. The van der Waals surface area contributed by atoms with Gasteiger partial charge in [-0.1, -0.05) is 18.7 Å². The second-order valence-corrected chi connectivity index (χ2v) is 2.72. The molecule has 2 nitrogen and oxygen atoms in total. The van der Waals surface area contributed by atoms with Gasteiger partial charge in [0.2, 0.25) is 0 Å². The van der Waals surface area contributed by atoms with Crippen molar-refractivity contribution >= 4 is 0 Å². The van der Waals surface area contributed by atoms with Crippen LogP contribution in [-0.2, 0) is 9.47 Å². The summed E-state index contributed by atoms with van der Waals surface area (Å²) in [7, 11) is 3.32. The van der Waals surface area contributed by atoms with Gasteiger partial charge < -0.3 is 9.47 Å². The van der Waals surface area contributed by atoms with Gasteiger partial charge in [0.25, 0.3) is 0 Å². The molecule has 0 saturated carbocycles. The summed E-state index contributed by atoms with van der Waals surface area (Å²) in [6.45, 7) is 3.74. The first-order chi connectivity index (χ1) is 5.76. The highest BCUT2D eigenvalue weighted by molar-refractivity contribution is 5.28. The molecule has 1 aliphatic carbocycles. The smallest absolute Gasteiger partial charge is 0.117 e. The normalized spacial score (nSPS) is 28.0. The Morgan fingerprint density at radius 3 is 2.83 bits per heavy atom. The fourth-order valence-corrected chi connectivity index (χ4v) is 1.20. The van der Waals surface area contributed by atoms with Crippen LogP contribution < -0.4 is 0 Å². The molecule has 1 aliphatic rings. The summed E-state index contributed by atoms with van der Waals surface area (Å²) in [5, 5.41) is 0. The molecule has 0 aromatic rings. The summed E-state index contributed by atoms with van der Waals surface area (Å²) in [4.78, 5) is 0. The lowest BCUT2D eigenvalue weighted by Crippen LogP contribution is -2.27. The Balaban J connectivity index is 2.87. The molecule has 0 spiro atoms. The molecule has 66 valence electrons. The summed E-state index contributed by atoms with van der Waals surface area (Å²) in [5.74, 6) is 0.822. The molecule has 0 aliphatic heterocycles. The Kier molecular flexibility index (Phi) is 2.71. The molecule has 2 heteroatoms. The topological polar surface area (TPSA) is 18.5 Å². The SMILES string of the molecule is C=CC1(OC)C=C(OC)C=CC1. The predicted octanol–water partition coefficient (Wildman–Crippen LogP) is 2.05. The highest BCUT2D eigenvalue weighted by Gasteiger charge is 2.24. The van der Waals surface area contributed by atoms with E-state index in [9.17, 15) is 0 Å². The van der Waals surface area contributed by atoms with Crippen LogP contribution in [0, 0.1) is 0 Å². The third-order valence-electron chi connectivity index (χ3n) is 2.07.